The van der Waals surface area contributed by atoms with Gasteiger partial charge in [-0.15, -0.1) is 0 Å². The van der Waals surface area contributed by atoms with Crippen molar-refractivity contribution in [1.82, 2.24) is 14.8 Å². The molecule has 1 aromatic heterocycles. The Morgan fingerprint density at radius 3 is 2.00 bits per heavy atom. The van der Waals surface area contributed by atoms with Crippen LogP contribution in [-0.4, -0.2) is 50.3 Å². The zero-order valence-corrected chi connectivity index (χ0v) is 17.0. The Morgan fingerprint density at radius 2 is 1.46 bits per heavy atom. The number of hydrogen-bond donors (Lipinski definition) is 1. The molecule has 1 heterocycles. The minimum atomic E-state index is 0.405. The number of aromatic nitrogens is 3. The van der Waals surface area contributed by atoms with Gasteiger partial charge in [-0.1, -0.05) is 0 Å². The van der Waals surface area contributed by atoms with Crippen LogP contribution in [0.15, 0.2) is 30.3 Å². The molecule has 2 aromatic carbocycles. The third-order valence-corrected chi connectivity index (χ3v) is 4.50. The highest BCUT2D eigenvalue weighted by molar-refractivity contribution is 7.71. The number of aromatic amines is 1. The average Bonchev–Trinajstić information content (AvgIpc) is 3.12. The Kier molecular flexibility index (Phi) is 5.74. The largest absolute Gasteiger partial charge is 0.497 e. The van der Waals surface area contributed by atoms with Gasteiger partial charge in [-0.25, -0.2) is 0 Å². The highest BCUT2D eigenvalue weighted by Crippen LogP contribution is 2.41. The molecule has 0 bridgehead atoms. The van der Waals surface area contributed by atoms with E-state index in [0.29, 0.717) is 45.0 Å². The highest BCUT2D eigenvalue weighted by Gasteiger charge is 2.20. The summed E-state index contributed by atoms with van der Waals surface area (Å²) >= 11 is 5.47. The molecule has 0 aliphatic heterocycles. The van der Waals surface area contributed by atoms with Crippen LogP contribution in [0.1, 0.15) is 0 Å². The minimum Gasteiger partial charge on any atom is -0.497 e. The van der Waals surface area contributed by atoms with Gasteiger partial charge in [-0.05, 0) is 24.4 Å². The van der Waals surface area contributed by atoms with Crippen molar-refractivity contribution in [2.75, 3.05) is 35.5 Å². The average molecular weight is 403 g/mol. The fourth-order valence-electron chi connectivity index (χ4n) is 2.90. The first-order valence-electron chi connectivity index (χ1n) is 8.28. The molecule has 0 saturated heterocycles. The highest BCUT2D eigenvalue weighted by atomic mass is 32.1. The van der Waals surface area contributed by atoms with E-state index in [1.165, 1.54) is 0 Å². The molecule has 1 N–H and O–H groups in total. The quantitative estimate of drug-likeness (QED) is 0.603. The second kappa shape index (κ2) is 8.22. The number of nitrogens with zero attached hydrogens (tertiary/aromatic N) is 2. The number of hydrogen-bond acceptors (Lipinski definition) is 7. The molecule has 0 aliphatic carbocycles. The second-order valence-electron chi connectivity index (χ2n) is 5.64. The summed E-state index contributed by atoms with van der Waals surface area (Å²) in [7, 11) is 7.85. The van der Waals surface area contributed by atoms with E-state index >= 15 is 0 Å². The lowest BCUT2D eigenvalue weighted by Crippen LogP contribution is -2.02. The number of benzene rings is 2. The van der Waals surface area contributed by atoms with Gasteiger partial charge < -0.3 is 23.7 Å². The summed E-state index contributed by atoms with van der Waals surface area (Å²) in [4.78, 5) is 0. The molecule has 0 amide bonds. The van der Waals surface area contributed by atoms with Crippen molar-refractivity contribution >= 4 is 12.2 Å². The third kappa shape index (κ3) is 3.36. The molecular weight excluding hydrogens is 382 g/mol. The molecule has 8 nitrogen and oxygen atoms in total. The number of nitrogens with one attached hydrogen (secondary N) is 1. The summed E-state index contributed by atoms with van der Waals surface area (Å²) in [5.74, 6) is 3.35. The number of ether oxygens (including phenoxy) is 5. The molecule has 0 fully saturated rings. The zero-order valence-electron chi connectivity index (χ0n) is 16.2. The SMILES string of the molecule is COc1ccc(-c2n[nH]c(=S)n2-c2cc(OC)c(OC)c(OC)c2)c(OC)c1. The molecule has 148 valence electrons. The van der Waals surface area contributed by atoms with E-state index in [1.807, 2.05) is 12.1 Å². The molecule has 3 aromatic rings. The lowest BCUT2D eigenvalue weighted by atomic mass is 10.1. The fourth-order valence-corrected chi connectivity index (χ4v) is 3.13. The van der Waals surface area contributed by atoms with Gasteiger partial charge >= 0.3 is 0 Å². The lowest BCUT2D eigenvalue weighted by Gasteiger charge is -2.16. The van der Waals surface area contributed by atoms with E-state index in [0.717, 1.165) is 5.56 Å². The molecule has 28 heavy (non-hydrogen) atoms. The van der Waals surface area contributed by atoms with Gasteiger partial charge in [0.2, 0.25) is 5.75 Å². The Morgan fingerprint density at radius 1 is 0.821 bits per heavy atom. The van der Waals surface area contributed by atoms with Gasteiger partial charge in [0.1, 0.15) is 11.5 Å². The first-order chi connectivity index (χ1) is 13.6. The van der Waals surface area contributed by atoms with Crippen LogP contribution >= 0.6 is 12.2 Å². The standard InChI is InChI=1S/C19H21N3O5S/c1-23-12-6-7-13(14(10-12)24-2)18-20-21-19(28)22(18)11-8-15(25-3)17(27-5)16(9-11)26-4/h6-10H,1-5H3,(H,21,28). The van der Waals surface area contributed by atoms with E-state index in [-0.39, 0.29) is 0 Å². The molecule has 0 unspecified atom stereocenters. The zero-order chi connectivity index (χ0) is 20.3. The van der Waals surface area contributed by atoms with Gasteiger partial charge in [0.25, 0.3) is 0 Å². The Bertz CT molecular complexity index is 1020. The predicted molar refractivity (Wildman–Crippen MR) is 107 cm³/mol. The summed E-state index contributed by atoms with van der Waals surface area (Å²) < 4.78 is 29.3. The fraction of sp³-hybridized carbons (Fsp3) is 0.263. The van der Waals surface area contributed by atoms with E-state index in [9.17, 15) is 0 Å². The van der Waals surface area contributed by atoms with Crippen LogP contribution in [0.3, 0.4) is 0 Å². The number of methoxy groups -OCH3 is 5. The first kappa shape index (κ1) is 19.6. The van der Waals surface area contributed by atoms with Crippen LogP contribution < -0.4 is 23.7 Å². The maximum absolute atomic E-state index is 5.52. The lowest BCUT2D eigenvalue weighted by molar-refractivity contribution is 0.324. The van der Waals surface area contributed by atoms with Gasteiger partial charge in [0, 0.05) is 18.2 Å². The van der Waals surface area contributed by atoms with Crippen LogP contribution in [0.5, 0.6) is 28.7 Å². The first-order valence-corrected chi connectivity index (χ1v) is 8.69. The Hall–Kier alpha value is -3.20. The summed E-state index contributed by atoms with van der Waals surface area (Å²) in [6, 6.07) is 9.07. The van der Waals surface area contributed by atoms with E-state index in [2.05, 4.69) is 10.2 Å². The number of rotatable bonds is 7. The molecule has 9 heteroatoms. The third-order valence-electron chi connectivity index (χ3n) is 4.23. The van der Waals surface area contributed by atoms with Crippen molar-refractivity contribution in [3.8, 4) is 45.8 Å². The monoisotopic (exact) mass is 403 g/mol. The smallest absolute Gasteiger partial charge is 0.203 e. The van der Waals surface area contributed by atoms with Crippen molar-refractivity contribution in [1.29, 1.82) is 0 Å². The topological polar surface area (TPSA) is 79.8 Å². The Balaban J connectivity index is 2.25. The Labute approximate surface area is 167 Å². The van der Waals surface area contributed by atoms with Crippen molar-refractivity contribution < 1.29 is 23.7 Å². The molecule has 0 saturated carbocycles. The maximum atomic E-state index is 5.52. The predicted octanol–water partition coefficient (Wildman–Crippen LogP) is 3.64. The van der Waals surface area contributed by atoms with Gasteiger partial charge in [-0.3, -0.25) is 9.67 Å². The van der Waals surface area contributed by atoms with Crippen molar-refractivity contribution in [2.45, 2.75) is 0 Å². The summed E-state index contributed by atoms with van der Waals surface area (Å²) in [5, 5.41) is 7.23. The molecule has 0 radical (unpaired) electrons. The molecule has 3 rings (SSSR count). The van der Waals surface area contributed by atoms with E-state index in [1.54, 1.807) is 58.3 Å². The molecule has 0 spiro atoms. The molecular formula is C19H21N3O5S. The number of H-pyrrole nitrogens is 1. The van der Waals surface area contributed by atoms with Crippen LogP contribution in [0.2, 0.25) is 0 Å². The minimum absolute atomic E-state index is 0.405. The summed E-state index contributed by atoms with van der Waals surface area (Å²) in [5.41, 5.74) is 1.44. The molecule has 0 atom stereocenters. The van der Waals surface area contributed by atoms with Gasteiger partial charge in [0.05, 0.1) is 46.8 Å². The van der Waals surface area contributed by atoms with Crippen molar-refractivity contribution in [2.24, 2.45) is 0 Å². The van der Waals surface area contributed by atoms with Crippen LogP contribution in [0.4, 0.5) is 0 Å². The van der Waals surface area contributed by atoms with Crippen LogP contribution in [-0.2, 0) is 0 Å². The normalized spacial score (nSPS) is 10.5. The summed E-state index contributed by atoms with van der Waals surface area (Å²) in [6.07, 6.45) is 0. The second-order valence-corrected chi connectivity index (χ2v) is 6.02. The summed E-state index contributed by atoms with van der Waals surface area (Å²) in [6.45, 7) is 0. The molecule has 0 aliphatic rings. The van der Waals surface area contributed by atoms with Crippen LogP contribution in [0, 0.1) is 4.77 Å². The maximum Gasteiger partial charge on any atom is 0.203 e. The van der Waals surface area contributed by atoms with Crippen molar-refractivity contribution in [3.05, 3.63) is 35.1 Å². The van der Waals surface area contributed by atoms with Crippen molar-refractivity contribution in [3.63, 3.8) is 0 Å². The van der Waals surface area contributed by atoms with Gasteiger partial charge in [-0.2, -0.15) is 5.10 Å². The van der Waals surface area contributed by atoms with E-state index < -0.39 is 0 Å². The van der Waals surface area contributed by atoms with Crippen LogP contribution in [0.25, 0.3) is 17.1 Å². The van der Waals surface area contributed by atoms with Gasteiger partial charge in [0.15, 0.2) is 22.1 Å². The van der Waals surface area contributed by atoms with E-state index in [4.69, 9.17) is 35.9 Å².